The molecule has 0 fully saturated rings. The Bertz CT molecular complexity index is 857. The molecule has 0 aliphatic rings. The van der Waals surface area contributed by atoms with Crippen molar-refractivity contribution in [3.05, 3.63) is 108 Å². The van der Waals surface area contributed by atoms with Crippen LogP contribution < -0.4 is 12.4 Å². The van der Waals surface area contributed by atoms with Crippen molar-refractivity contribution in [1.29, 1.82) is 0 Å². The van der Waals surface area contributed by atoms with Crippen LogP contribution >= 0.6 is 0 Å². The maximum Gasteiger partial charge on any atom is 0.318 e. The van der Waals surface area contributed by atoms with Gasteiger partial charge < -0.3 is 21.6 Å². The molecule has 0 aliphatic carbocycles. The summed E-state index contributed by atoms with van der Waals surface area (Å²) in [6, 6.07) is 30.3. The Labute approximate surface area is 192 Å². The van der Waals surface area contributed by atoms with Crippen LogP contribution in [0.4, 0.5) is 0 Å². The van der Waals surface area contributed by atoms with Gasteiger partial charge in [-0.15, -0.1) is 0 Å². The second kappa shape index (κ2) is 12.3. The summed E-state index contributed by atoms with van der Waals surface area (Å²) in [5.41, 5.74) is 3.24. The SMILES string of the molecule is CC[N+](CC)(CCOC(=O)C(c1ccccc1)c1ccccc1)Cc1ccccc1.[Cl-]. The molecule has 0 heterocycles. The van der Waals surface area contributed by atoms with Crippen molar-refractivity contribution in [2.45, 2.75) is 26.3 Å². The second-order valence-corrected chi connectivity index (χ2v) is 7.76. The first-order valence-electron chi connectivity index (χ1n) is 10.8. The Morgan fingerprint density at radius 1 is 0.774 bits per heavy atom. The third-order valence-electron chi connectivity index (χ3n) is 6.01. The van der Waals surface area contributed by atoms with Crippen LogP contribution in [0.5, 0.6) is 0 Å². The summed E-state index contributed by atoms with van der Waals surface area (Å²) in [7, 11) is 0. The number of halogens is 1. The number of ether oxygens (including phenoxy) is 1. The van der Waals surface area contributed by atoms with Crippen LogP contribution in [0.15, 0.2) is 91.0 Å². The van der Waals surface area contributed by atoms with Gasteiger partial charge in [0.2, 0.25) is 0 Å². The van der Waals surface area contributed by atoms with Crippen molar-refractivity contribution in [2.24, 2.45) is 0 Å². The van der Waals surface area contributed by atoms with Crippen molar-refractivity contribution >= 4 is 5.97 Å². The number of quaternary nitrogens is 1. The van der Waals surface area contributed by atoms with Crippen LogP contribution in [0.25, 0.3) is 0 Å². The molecular formula is C27H32ClNO2. The van der Waals surface area contributed by atoms with Crippen molar-refractivity contribution in [2.75, 3.05) is 26.2 Å². The molecule has 164 valence electrons. The van der Waals surface area contributed by atoms with E-state index in [-0.39, 0.29) is 18.4 Å². The van der Waals surface area contributed by atoms with Gasteiger partial charge >= 0.3 is 5.97 Å². The number of hydrogen-bond donors (Lipinski definition) is 0. The van der Waals surface area contributed by atoms with E-state index in [0.717, 1.165) is 41.8 Å². The lowest BCUT2D eigenvalue weighted by Gasteiger charge is -2.37. The molecule has 0 spiro atoms. The van der Waals surface area contributed by atoms with Crippen LogP contribution in [-0.4, -0.2) is 36.7 Å². The highest BCUT2D eigenvalue weighted by atomic mass is 35.5. The van der Waals surface area contributed by atoms with Gasteiger partial charge in [0.25, 0.3) is 0 Å². The maximum absolute atomic E-state index is 13.1. The van der Waals surface area contributed by atoms with Gasteiger partial charge in [-0.3, -0.25) is 4.79 Å². The topological polar surface area (TPSA) is 26.3 Å². The molecule has 0 aromatic heterocycles. The number of rotatable bonds is 10. The zero-order valence-electron chi connectivity index (χ0n) is 18.4. The normalized spacial score (nSPS) is 11.1. The average molecular weight is 438 g/mol. The fourth-order valence-electron chi connectivity index (χ4n) is 3.99. The third-order valence-corrected chi connectivity index (χ3v) is 6.01. The van der Waals surface area contributed by atoms with E-state index in [2.05, 4.69) is 38.1 Å². The number of hydrogen-bond acceptors (Lipinski definition) is 2. The Kier molecular flexibility index (Phi) is 9.77. The van der Waals surface area contributed by atoms with Crippen LogP contribution in [-0.2, 0) is 16.1 Å². The van der Waals surface area contributed by atoms with E-state index in [1.54, 1.807) is 0 Å². The Balaban J connectivity index is 0.00000341. The minimum Gasteiger partial charge on any atom is -1.00 e. The van der Waals surface area contributed by atoms with Crippen LogP contribution in [0, 0.1) is 0 Å². The van der Waals surface area contributed by atoms with Gasteiger partial charge in [-0.25, -0.2) is 0 Å². The highest BCUT2D eigenvalue weighted by molar-refractivity contribution is 5.82. The first-order valence-corrected chi connectivity index (χ1v) is 10.8. The number of carbonyl (C=O) groups is 1. The fraction of sp³-hybridized carbons (Fsp3) is 0.296. The highest BCUT2D eigenvalue weighted by Gasteiger charge is 2.27. The van der Waals surface area contributed by atoms with Gasteiger partial charge in [-0.05, 0) is 25.0 Å². The maximum atomic E-state index is 13.1. The van der Waals surface area contributed by atoms with Crippen LogP contribution in [0.3, 0.4) is 0 Å². The van der Waals surface area contributed by atoms with Crippen molar-refractivity contribution in [3.8, 4) is 0 Å². The molecule has 3 aromatic rings. The minimum absolute atomic E-state index is 0. The highest BCUT2D eigenvalue weighted by Crippen LogP contribution is 2.26. The number of benzene rings is 3. The molecule has 3 aromatic carbocycles. The first-order chi connectivity index (χ1) is 14.7. The van der Waals surface area contributed by atoms with Gasteiger partial charge in [0.1, 0.15) is 25.6 Å². The van der Waals surface area contributed by atoms with Crippen molar-refractivity contribution in [1.82, 2.24) is 0 Å². The summed E-state index contributed by atoms with van der Waals surface area (Å²) in [4.78, 5) is 13.1. The van der Waals surface area contributed by atoms with E-state index in [9.17, 15) is 4.79 Å². The lowest BCUT2D eigenvalue weighted by Crippen LogP contribution is -3.00. The van der Waals surface area contributed by atoms with Crippen molar-refractivity contribution in [3.63, 3.8) is 0 Å². The fourth-order valence-corrected chi connectivity index (χ4v) is 3.99. The molecule has 0 amide bonds. The van der Waals surface area contributed by atoms with E-state index < -0.39 is 5.92 Å². The quantitative estimate of drug-likeness (QED) is 0.359. The monoisotopic (exact) mass is 437 g/mol. The zero-order chi connectivity index (χ0) is 21.2. The summed E-state index contributed by atoms with van der Waals surface area (Å²) >= 11 is 0. The molecule has 0 radical (unpaired) electrons. The lowest BCUT2D eigenvalue weighted by atomic mass is 9.91. The molecule has 0 unspecified atom stereocenters. The van der Waals surface area contributed by atoms with Gasteiger partial charge in [-0.2, -0.15) is 0 Å². The van der Waals surface area contributed by atoms with Crippen molar-refractivity contribution < 1.29 is 26.4 Å². The first kappa shape index (κ1) is 24.6. The Hall–Kier alpha value is -2.62. The molecule has 0 aliphatic heterocycles. The minimum atomic E-state index is -0.397. The Morgan fingerprint density at radius 2 is 1.23 bits per heavy atom. The summed E-state index contributed by atoms with van der Waals surface area (Å²) in [5, 5.41) is 0. The third kappa shape index (κ3) is 6.68. The molecular weight excluding hydrogens is 406 g/mol. The average Bonchev–Trinajstić information content (AvgIpc) is 2.81. The largest absolute Gasteiger partial charge is 1.00 e. The van der Waals surface area contributed by atoms with E-state index in [4.69, 9.17) is 4.74 Å². The van der Waals surface area contributed by atoms with Gasteiger partial charge in [0.05, 0.1) is 13.1 Å². The Morgan fingerprint density at radius 3 is 1.68 bits per heavy atom. The van der Waals surface area contributed by atoms with E-state index in [0.29, 0.717) is 6.61 Å². The molecule has 31 heavy (non-hydrogen) atoms. The number of nitrogens with zero attached hydrogens (tertiary/aromatic N) is 1. The number of likely N-dealkylation sites (N-methyl/N-ethyl adjacent to an activating group) is 1. The van der Waals surface area contributed by atoms with Gasteiger partial charge in [0, 0.05) is 5.56 Å². The second-order valence-electron chi connectivity index (χ2n) is 7.76. The predicted octanol–water partition coefficient (Wildman–Crippen LogP) is 2.42. The zero-order valence-corrected chi connectivity index (χ0v) is 19.2. The van der Waals surface area contributed by atoms with E-state index >= 15 is 0 Å². The summed E-state index contributed by atoms with van der Waals surface area (Å²) in [5.74, 6) is -0.580. The standard InChI is InChI=1S/C27H32NO2.ClH/c1-3-28(4-2,22-23-14-8-5-9-15-23)20-21-30-27(29)26(24-16-10-6-11-17-24)25-18-12-7-13-19-25;/h5-19,26H,3-4,20-22H2,1-2H3;1H/q+1;/p-1. The molecule has 4 heteroatoms. The smallest absolute Gasteiger partial charge is 0.318 e. The summed E-state index contributed by atoms with van der Waals surface area (Å²) in [6.45, 7) is 8.61. The van der Waals surface area contributed by atoms with E-state index in [1.807, 2.05) is 66.7 Å². The molecule has 0 saturated heterocycles. The number of esters is 1. The molecule has 0 atom stereocenters. The lowest BCUT2D eigenvalue weighted by molar-refractivity contribution is -0.937. The predicted molar refractivity (Wildman–Crippen MR) is 122 cm³/mol. The van der Waals surface area contributed by atoms with Gasteiger partial charge in [0.15, 0.2) is 0 Å². The molecule has 3 rings (SSSR count). The molecule has 0 bridgehead atoms. The molecule has 3 nitrogen and oxygen atoms in total. The molecule has 0 N–H and O–H groups in total. The van der Waals surface area contributed by atoms with Crippen LogP contribution in [0.2, 0.25) is 0 Å². The van der Waals surface area contributed by atoms with E-state index in [1.165, 1.54) is 5.56 Å². The van der Waals surface area contributed by atoms with Crippen LogP contribution in [0.1, 0.15) is 36.5 Å². The number of carbonyl (C=O) groups excluding carboxylic acids is 1. The van der Waals surface area contributed by atoms with Gasteiger partial charge in [-0.1, -0.05) is 91.0 Å². The summed E-state index contributed by atoms with van der Waals surface area (Å²) in [6.07, 6.45) is 0. The summed E-state index contributed by atoms with van der Waals surface area (Å²) < 4.78 is 6.76. The molecule has 0 saturated carbocycles.